The molecule has 0 bridgehead atoms. The van der Waals surface area contributed by atoms with E-state index < -0.39 is 23.7 Å². The van der Waals surface area contributed by atoms with Gasteiger partial charge in [-0.2, -0.15) is 18.2 Å². The van der Waals surface area contributed by atoms with Crippen LogP contribution in [0.2, 0.25) is 0 Å². The van der Waals surface area contributed by atoms with Gasteiger partial charge in [0, 0.05) is 6.54 Å². The number of rotatable bonds is 4. The third-order valence-electron chi connectivity index (χ3n) is 3.96. The lowest BCUT2D eigenvalue weighted by Gasteiger charge is -2.19. The monoisotopic (exact) mass is 391 g/mol. The normalized spacial score (nSPS) is 14.0. The summed E-state index contributed by atoms with van der Waals surface area (Å²) in [5, 5.41) is 2.62. The first-order chi connectivity index (χ1) is 13.3. The molecular formula is C19H16F3N3O3. The molecule has 0 saturated heterocycles. The van der Waals surface area contributed by atoms with Crippen molar-refractivity contribution in [2.75, 3.05) is 6.54 Å². The van der Waals surface area contributed by atoms with Gasteiger partial charge in [0.2, 0.25) is 5.96 Å². The first-order valence-corrected chi connectivity index (χ1v) is 8.33. The van der Waals surface area contributed by atoms with Gasteiger partial charge in [0.15, 0.2) is 0 Å². The number of amides is 2. The Labute approximate surface area is 158 Å². The highest BCUT2D eigenvalue weighted by atomic mass is 19.4. The number of alkyl halides is 3. The molecule has 0 radical (unpaired) electrons. The molecule has 0 aliphatic carbocycles. The lowest BCUT2D eigenvalue weighted by molar-refractivity contribution is -0.138. The second kappa shape index (κ2) is 8.12. The van der Waals surface area contributed by atoms with Crippen LogP contribution in [0.3, 0.4) is 0 Å². The van der Waals surface area contributed by atoms with E-state index in [1.165, 1.54) is 18.2 Å². The van der Waals surface area contributed by atoms with Crippen molar-refractivity contribution in [3.63, 3.8) is 0 Å². The third kappa shape index (κ3) is 4.67. The number of aliphatic imine (C=N–C) groups is 1. The summed E-state index contributed by atoms with van der Waals surface area (Å²) >= 11 is 0. The number of carbonyl (C=O) groups is 2. The van der Waals surface area contributed by atoms with Crippen LogP contribution in [0, 0.1) is 0 Å². The van der Waals surface area contributed by atoms with Gasteiger partial charge >= 0.3 is 12.3 Å². The molecule has 0 aromatic heterocycles. The van der Waals surface area contributed by atoms with Crippen LogP contribution in [0.15, 0.2) is 59.6 Å². The van der Waals surface area contributed by atoms with Crippen LogP contribution in [0.1, 0.15) is 16.7 Å². The maximum Gasteiger partial charge on any atom is 0.417 e. The molecule has 28 heavy (non-hydrogen) atoms. The van der Waals surface area contributed by atoms with Crippen LogP contribution < -0.4 is 5.32 Å². The largest absolute Gasteiger partial charge is 0.444 e. The number of hydrogen-bond acceptors (Lipinski definition) is 4. The lowest BCUT2D eigenvalue weighted by Crippen LogP contribution is -2.42. The number of carbonyl (C=O) groups excluding carboxylic acids is 2. The molecule has 2 aromatic rings. The molecule has 146 valence electrons. The summed E-state index contributed by atoms with van der Waals surface area (Å²) in [4.78, 5) is 28.5. The minimum absolute atomic E-state index is 0.00541. The van der Waals surface area contributed by atoms with E-state index in [2.05, 4.69) is 10.3 Å². The van der Waals surface area contributed by atoms with Crippen molar-refractivity contribution in [3.8, 4) is 0 Å². The number of halogens is 3. The minimum Gasteiger partial charge on any atom is -0.444 e. The molecule has 0 fully saturated rings. The van der Waals surface area contributed by atoms with Crippen molar-refractivity contribution < 1.29 is 27.5 Å². The summed E-state index contributed by atoms with van der Waals surface area (Å²) in [6.45, 7) is -0.602. The number of ether oxygens (including phenoxy) is 1. The van der Waals surface area contributed by atoms with Crippen molar-refractivity contribution in [1.29, 1.82) is 0 Å². The van der Waals surface area contributed by atoms with Gasteiger partial charge in [-0.1, -0.05) is 48.5 Å². The third-order valence-corrected chi connectivity index (χ3v) is 3.96. The first kappa shape index (κ1) is 19.4. The van der Waals surface area contributed by atoms with Crippen molar-refractivity contribution in [2.45, 2.75) is 19.3 Å². The summed E-state index contributed by atoms with van der Waals surface area (Å²) < 4.78 is 44.4. The van der Waals surface area contributed by atoms with Gasteiger partial charge in [-0.05, 0) is 17.2 Å². The first-order valence-electron chi connectivity index (χ1n) is 8.33. The smallest absolute Gasteiger partial charge is 0.417 e. The molecule has 9 heteroatoms. The van der Waals surface area contributed by atoms with E-state index in [9.17, 15) is 22.8 Å². The molecule has 6 nitrogen and oxygen atoms in total. The standard InChI is InChI=1S/C19H16F3N3O3/c20-19(21,22)15-9-5-4-8-14(15)10-23-17-24-16(26)11-25(17)18(27)28-12-13-6-2-1-3-7-13/h1-9H,10-12H2,(H,23,24,26). The van der Waals surface area contributed by atoms with Gasteiger partial charge in [0.05, 0.1) is 5.56 Å². The molecule has 0 saturated carbocycles. The molecule has 0 unspecified atom stereocenters. The zero-order valence-electron chi connectivity index (χ0n) is 14.6. The quantitative estimate of drug-likeness (QED) is 0.868. The van der Waals surface area contributed by atoms with Gasteiger partial charge in [-0.3, -0.25) is 4.79 Å². The highest BCUT2D eigenvalue weighted by molar-refractivity contribution is 6.07. The molecule has 2 amide bonds. The van der Waals surface area contributed by atoms with Crippen molar-refractivity contribution in [3.05, 3.63) is 71.3 Å². The van der Waals surface area contributed by atoms with Crippen LogP contribution in [-0.4, -0.2) is 29.4 Å². The van der Waals surface area contributed by atoms with E-state index in [4.69, 9.17) is 4.74 Å². The number of nitrogens with one attached hydrogen (secondary N) is 1. The Morgan fingerprint density at radius 2 is 1.79 bits per heavy atom. The number of nitrogens with zero attached hydrogens (tertiary/aromatic N) is 2. The SMILES string of the molecule is O=C1CN(C(=O)OCc2ccccc2)C(NCc2ccccc2C(F)(F)F)=N1. The van der Waals surface area contributed by atoms with E-state index in [0.29, 0.717) is 0 Å². The molecule has 2 aromatic carbocycles. The van der Waals surface area contributed by atoms with E-state index >= 15 is 0 Å². The Balaban J connectivity index is 1.65. The predicted molar refractivity (Wildman–Crippen MR) is 94.1 cm³/mol. The van der Waals surface area contributed by atoms with Crippen LogP contribution in [0.5, 0.6) is 0 Å². The fourth-order valence-electron chi connectivity index (χ4n) is 2.63. The molecular weight excluding hydrogens is 375 g/mol. The van der Waals surface area contributed by atoms with E-state index in [0.717, 1.165) is 16.5 Å². The Hall–Kier alpha value is -3.36. The Morgan fingerprint density at radius 3 is 2.50 bits per heavy atom. The zero-order chi connectivity index (χ0) is 20.1. The van der Waals surface area contributed by atoms with Crippen LogP contribution >= 0.6 is 0 Å². The predicted octanol–water partition coefficient (Wildman–Crippen LogP) is 3.33. The average Bonchev–Trinajstić information content (AvgIpc) is 3.05. The maximum atomic E-state index is 13.1. The highest BCUT2D eigenvalue weighted by Gasteiger charge is 2.34. The van der Waals surface area contributed by atoms with Crippen LogP contribution in [-0.2, 0) is 28.9 Å². The van der Waals surface area contributed by atoms with Gasteiger partial charge < -0.3 is 10.1 Å². The molecule has 1 N–H and O–H groups in total. The van der Waals surface area contributed by atoms with E-state index in [-0.39, 0.29) is 31.2 Å². The summed E-state index contributed by atoms with van der Waals surface area (Å²) in [5.74, 6) is -0.733. The zero-order valence-corrected chi connectivity index (χ0v) is 14.6. The fraction of sp³-hybridized carbons (Fsp3) is 0.211. The number of benzene rings is 2. The summed E-state index contributed by atoms with van der Waals surface area (Å²) in [6, 6.07) is 14.0. The topological polar surface area (TPSA) is 71.0 Å². The van der Waals surface area contributed by atoms with Gasteiger partial charge in [0.1, 0.15) is 13.2 Å². The second-order valence-electron chi connectivity index (χ2n) is 5.96. The summed E-state index contributed by atoms with van der Waals surface area (Å²) in [7, 11) is 0. The molecule has 1 aliphatic rings. The molecule has 0 atom stereocenters. The number of guanidine groups is 1. The van der Waals surface area contributed by atoms with E-state index in [1.807, 2.05) is 6.07 Å². The number of hydrogen-bond donors (Lipinski definition) is 1. The van der Waals surface area contributed by atoms with Crippen LogP contribution in [0.25, 0.3) is 0 Å². The van der Waals surface area contributed by atoms with Crippen molar-refractivity contribution in [1.82, 2.24) is 10.2 Å². The maximum absolute atomic E-state index is 13.1. The Kier molecular flexibility index (Phi) is 5.62. The van der Waals surface area contributed by atoms with Gasteiger partial charge in [-0.15, -0.1) is 0 Å². The van der Waals surface area contributed by atoms with Gasteiger partial charge in [0.25, 0.3) is 5.91 Å². The molecule has 3 rings (SSSR count). The summed E-state index contributed by atoms with van der Waals surface area (Å²) in [5.41, 5.74) is -0.0767. The molecule has 1 heterocycles. The van der Waals surface area contributed by atoms with E-state index in [1.54, 1.807) is 24.3 Å². The minimum atomic E-state index is -4.51. The average molecular weight is 391 g/mol. The highest BCUT2D eigenvalue weighted by Crippen LogP contribution is 2.31. The van der Waals surface area contributed by atoms with Gasteiger partial charge in [-0.25, -0.2) is 9.69 Å². The van der Waals surface area contributed by atoms with Crippen molar-refractivity contribution >= 4 is 18.0 Å². The molecule has 1 aliphatic heterocycles. The van der Waals surface area contributed by atoms with Crippen LogP contribution in [0.4, 0.5) is 18.0 Å². The summed E-state index contributed by atoms with van der Waals surface area (Å²) in [6.07, 6.45) is -5.33. The Bertz CT molecular complexity index is 898. The Morgan fingerprint density at radius 1 is 1.11 bits per heavy atom. The molecule has 0 spiro atoms. The lowest BCUT2D eigenvalue weighted by atomic mass is 10.1. The van der Waals surface area contributed by atoms with Crippen molar-refractivity contribution in [2.24, 2.45) is 4.99 Å². The second-order valence-corrected chi connectivity index (χ2v) is 5.96. The fourth-order valence-corrected chi connectivity index (χ4v) is 2.63.